The van der Waals surface area contributed by atoms with E-state index in [0.29, 0.717) is 16.5 Å². The first-order valence-corrected chi connectivity index (χ1v) is 12.4. The number of amides is 1. The van der Waals surface area contributed by atoms with Crippen LogP contribution in [0.15, 0.2) is 77.7 Å². The van der Waals surface area contributed by atoms with Crippen molar-refractivity contribution in [2.45, 2.75) is 31.2 Å². The van der Waals surface area contributed by atoms with Gasteiger partial charge >= 0.3 is 0 Å². The number of ether oxygens (including phenoxy) is 1. The number of hydrogen-bond donors (Lipinski definition) is 1. The van der Waals surface area contributed by atoms with Crippen molar-refractivity contribution in [3.63, 3.8) is 0 Å². The lowest BCUT2D eigenvalue weighted by Crippen LogP contribution is -2.41. The van der Waals surface area contributed by atoms with Gasteiger partial charge in [0.2, 0.25) is 5.91 Å². The van der Waals surface area contributed by atoms with Gasteiger partial charge in [0.25, 0.3) is 10.0 Å². The van der Waals surface area contributed by atoms with Gasteiger partial charge in [-0.15, -0.1) is 0 Å². The summed E-state index contributed by atoms with van der Waals surface area (Å²) in [5, 5.41) is 3.26. The van der Waals surface area contributed by atoms with Gasteiger partial charge in [-0.2, -0.15) is 0 Å². The molecule has 3 aromatic rings. The molecule has 174 valence electrons. The number of nitrogens with one attached hydrogen (secondary N) is 1. The van der Waals surface area contributed by atoms with E-state index in [1.807, 2.05) is 31.2 Å². The molecule has 0 aromatic heterocycles. The van der Waals surface area contributed by atoms with Gasteiger partial charge in [-0.3, -0.25) is 9.10 Å². The van der Waals surface area contributed by atoms with Gasteiger partial charge in [0, 0.05) is 5.02 Å². The molecule has 0 saturated heterocycles. The van der Waals surface area contributed by atoms with E-state index in [-0.39, 0.29) is 10.9 Å². The minimum absolute atomic E-state index is 0.0410. The van der Waals surface area contributed by atoms with Gasteiger partial charge in [-0.25, -0.2) is 8.42 Å². The Labute approximate surface area is 200 Å². The zero-order chi connectivity index (χ0) is 24.0. The molecule has 3 rings (SSSR count). The maximum absolute atomic E-state index is 13.5. The minimum atomic E-state index is -4.04. The molecule has 0 aliphatic heterocycles. The number of nitrogens with zero attached hydrogens (tertiary/aromatic N) is 1. The summed E-state index contributed by atoms with van der Waals surface area (Å²) in [7, 11) is -2.54. The maximum atomic E-state index is 13.5. The van der Waals surface area contributed by atoms with Gasteiger partial charge in [-0.1, -0.05) is 48.9 Å². The summed E-state index contributed by atoms with van der Waals surface area (Å²) in [5.74, 6) is 0.100. The molecule has 0 spiro atoms. The van der Waals surface area contributed by atoms with Crippen molar-refractivity contribution in [2.24, 2.45) is 0 Å². The fourth-order valence-corrected chi connectivity index (χ4v) is 4.96. The highest BCUT2D eigenvalue weighted by atomic mass is 35.5. The van der Waals surface area contributed by atoms with Crippen LogP contribution in [0.2, 0.25) is 5.02 Å². The molecule has 0 saturated carbocycles. The molecule has 0 heterocycles. The highest BCUT2D eigenvalue weighted by Gasteiger charge is 2.28. The molecule has 1 N–H and O–H groups in total. The lowest BCUT2D eigenvalue weighted by atomic mass is 10.1. The van der Waals surface area contributed by atoms with Crippen LogP contribution in [-0.4, -0.2) is 28.0 Å². The fraction of sp³-hybridized carbons (Fsp3) is 0.240. The van der Waals surface area contributed by atoms with E-state index in [0.717, 1.165) is 16.3 Å². The summed E-state index contributed by atoms with van der Waals surface area (Å²) in [6, 6.07) is 20.1. The van der Waals surface area contributed by atoms with Gasteiger partial charge in [0.15, 0.2) is 0 Å². The van der Waals surface area contributed by atoms with Gasteiger partial charge < -0.3 is 10.1 Å². The second-order valence-corrected chi connectivity index (χ2v) is 9.85. The SMILES string of the molecule is CCc1ccc([C@@H](C)NC(=O)CN(c2cccc(Cl)c2)S(=O)(=O)c2ccc(OC)cc2)cc1. The largest absolute Gasteiger partial charge is 0.497 e. The fourth-order valence-electron chi connectivity index (χ4n) is 3.36. The number of carbonyl (C=O) groups is 1. The molecule has 0 bridgehead atoms. The van der Waals surface area contributed by atoms with E-state index in [1.54, 1.807) is 30.3 Å². The molecule has 3 aromatic carbocycles. The Morgan fingerprint density at radius 3 is 2.30 bits per heavy atom. The van der Waals surface area contributed by atoms with E-state index < -0.39 is 22.5 Å². The van der Waals surface area contributed by atoms with E-state index in [9.17, 15) is 13.2 Å². The number of sulfonamides is 1. The summed E-state index contributed by atoms with van der Waals surface area (Å²) in [5.41, 5.74) is 2.44. The molecule has 0 fully saturated rings. The predicted octanol–water partition coefficient (Wildman–Crippen LogP) is 4.98. The average Bonchev–Trinajstić information content (AvgIpc) is 2.82. The second-order valence-electron chi connectivity index (χ2n) is 7.55. The third kappa shape index (κ3) is 6.06. The molecule has 0 unspecified atom stereocenters. The molecule has 0 radical (unpaired) electrons. The highest BCUT2D eigenvalue weighted by molar-refractivity contribution is 7.92. The topological polar surface area (TPSA) is 75.7 Å². The van der Waals surface area contributed by atoms with Crippen LogP contribution in [0.1, 0.15) is 31.0 Å². The monoisotopic (exact) mass is 486 g/mol. The van der Waals surface area contributed by atoms with Crippen LogP contribution in [0.25, 0.3) is 0 Å². The van der Waals surface area contributed by atoms with Crippen LogP contribution in [0.3, 0.4) is 0 Å². The van der Waals surface area contributed by atoms with Crippen molar-refractivity contribution < 1.29 is 17.9 Å². The number of halogens is 1. The zero-order valence-corrected chi connectivity index (χ0v) is 20.4. The predicted molar refractivity (Wildman–Crippen MR) is 131 cm³/mol. The standard InChI is InChI=1S/C25H27ClN2O4S/c1-4-19-8-10-20(11-9-19)18(2)27-25(29)17-28(22-7-5-6-21(26)16-22)33(30,31)24-14-12-23(32-3)13-15-24/h5-16,18H,4,17H2,1-3H3,(H,27,29)/t18-/m1/s1. The van der Waals surface area contributed by atoms with Crippen molar-refractivity contribution in [1.29, 1.82) is 0 Å². The zero-order valence-electron chi connectivity index (χ0n) is 18.8. The number of carbonyl (C=O) groups excluding carboxylic acids is 1. The normalized spacial score (nSPS) is 12.1. The van der Waals surface area contributed by atoms with Gasteiger partial charge in [0.05, 0.1) is 23.7 Å². The van der Waals surface area contributed by atoms with Gasteiger partial charge in [-0.05, 0) is 66.9 Å². The highest BCUT2D eigenvalue weighted by Crippen LogP contribution is 2.27. The lowest BCUT2D eigenvalue weighted by molar-refractivity contribution is -0.120. The Bertz CT molecular complexity index is 1200. The Kier molecular flexibility index (Phi) is 8.00. The number of anilines is 1. The molecule has 33 heavy (non-hydrogen) atoms. The first-order valence-electron chi connectivity index (χ1n) is 10.5. The molecule has 6 nitrogen and oxygen atoms in total. The number of rotatable bonds is 9. The first-order chi connectivity index (χ1) is 15.7. The van der Waals surface area contributed by atoms with Crippen molar-refractivity contribution in [3.8, 4) is 5.75 Å². The van der Waals surface area contributed by atoms with Crippen LogP contribution < -0.4 is 14.4 Å². The minimum Gasteiger partial charge on any atom is -0.497 e. The third-order valence-electron chi connectivity index (χ3n) is 5.30. The summed E-state index contributed by atoms with van der Waals surface area (Å²) in [6.45, 7) is 3.54. The molecule has 1 atom stereocenters. The number of hydrogen-bond acceptors (Lipinski definition) is 4. The number of aryl methyl sites for hydroxylation is 1. The molecular formula is C25H27ClN2O4S. The smallest absolute Gasteiger partial charge is 0.264 e. The summed E-state index contributed by atoms with van der Waals surface area (Å²) in [6.07, 6.45) is 0.929. The summed E-state index contributed by atoms with van der Waals surface area (Å²) in [4.78, 5) is 13.0. The summed E-state index contributed by atoms with van der Waals surface area (Å²) >= 11 is 6.11. The maximum Gasteiger partial charge on any atom is 0.264 e. The van der Waals surface area contributed by atoms with Crippen LogP contribution in [0.4, 0.5) is 5.69 Å². The van der Waals surface area contributed by atoms with Crippen molar-refractivity contribution in [1.82, 2.24) is 5.32 Å². The Balaban J connectivity index is 1.87. The molecule has 1 amide bonds. The van der Waals surface area contributed by atoms with Crippen LogP contribution in [-0.2, 0) is 21.2 Å². The van der Waals surface area contributed by atoms with Gasteiger partial charge in [0.1, 0.15) is 12.3 Å². The van der Waals surface area contributed by atoms with Crippen molar-refractivity contribution in [2.75, 3.05) is 18.0 Å². The molecule has 0 aliphatic rings. The van der Waals surface area contributed by atoms with E-state index >= 15 is 0 Å². The van der Waals surface area contributed by atoms with E-state index in [1.165, 1.54) is 30.9 Å². The van der Waals surface area contributed by atoms with Crippen LogP contribution in [0, 0.1) is 0 Å². The molecular weight excluding hydrogens is 460 g/mol. The second kappa shape index (κ2) is 10.7. The molecule has 0 aliphatic carbocycles. The van der Waals surface area contributed by atoms with Crippen molar-refractivity contribution in [3.05, 3.63) is 88.9 Å². The van der Waals surface area contributed by atoms with E-state index in [2.05, 4.69) is 12.2 Å². The van der Waals surface area contributed by atoms with Crippen LogP contribution in [0.5, 0.6) is 5.75 Å². The third-order valence-corrected chi connectivity index (χ3v) is 7.32. The van der Waals surface area contributed by atoms with E-state index in [4.69, 9.17) is 16.3 Å². The Morgan fingerprint density at radius 2 is 1.73 bits per heavy atom. The molecule has 8 heteroatoms. The van der Waals surface area contributed by atoms with Crippen LogP contribution >= 0.6 is 11.6 Å². The van der Waals surface area contributed by atoms with Crippen molar-refractivity contribution >= 4 is 33.2 Å². The lowest BCUT2D eigenvalue weighted by Gasteiger charge is -2.25. The first kappa shape index (κ1) is 24.6. The average molecular weight is 487 g/mol. The Hall–Kier alpha value is -3.03. The summed E-state index contributed by atoms with van der Waals surface area (Å²) < 4.78 is 33.1. The quantitative estimate of drug-likeness (QED) is 0.462. The Morgan fingerprint density at radius 1 is 1.06 bits per heavy atom. The number of methoxy groups -OCH3 is 1. The number of benzene rings is 3.